The number of para-hydroxylation sites is 1. The Morgan fingerprint density at radius 2 is 1.85 bits per heavy atom. The fourth-order valence-corrected chi connectivity index (χ4v) is 4.13. The van der Waals surface area contributed by atoms with Gasteiger partial charge in [-0.1, -0.05) is 51.6 Å². The summed E-state index contributed by atoms with van der Waals surface area (Å²) in [6.45, 7) is 12.9. The molecule has 2 aliphatic rings. The highest BCUT2D eigenvalue weighted by molar-refractivity contribution is 6.07. The summed E-state index contributed by atoms with van der Waals surface area (Å²) >= 11 is 0. The molecule has 2 aromatic rings. The standard InChI is InChI=1S/C23H25NO2/c1-14-17-13-15(22(2,3)4)11-12-19(17)26-23(14,5)20-16-9-7-8-10-18(16)24(6)21(20)25/h7-13,20H,1H2,2-6H3/t20-,23+/m1/s1. The first-order chi connectivity index (χ1) is 12.1. The summed E-state index contributed by atoms with van der Waals surface area (Å²) in [5.74, 6) is 0.478. The van der Waals surface area contributed by atoms with Gasteiger partial charge in [-0.15, -0.1) is 0 Å². The number of anilines is 1. The molecule has 2 heterocycles. The molecular weight excluding hydrogens is 322 g/mol. The lowest BCUT2D eigenvalue weighted by Gasteiger charge is -2.31. The fraction of sp³-hybridized carbons (Fsp3) is 0.348. The van der Waals surface area contributed by atoms with Gasteiger partial charge in [0.1, 0.15) is 17.3 Å². The summed E-state index contributed by atoms with van der Waals surface area (Å²) in [5, 5.41) is 0. The molecule has 0 aromatic heterocycles. The summed E-state index contributed by atoms with van der Waals surface area (Å²) in [6, 6.07) is 14.2. The van der Waals surface area contributed by atoms with E-state index in [4.69, 9.17) is 4.74 Å². The molecule has 4 rings (SSSR count). The first-order valence-electron chi connectivity index (χ1n) is 9.04. The van der Waals surface area contributed by atoms with E-state index in [2.05, 4.69) is 39.5 Å². The van der Waals surface area contributed by atoms with Gasteiger partial charge in [-0.2, -0.15) is 0 Å². The predicted octanol–water partition coefficient (Wildman–Crippen LogP) is 4.91. The summed E-state index contributed by atoms with van der Waals surface area (Å²) in [5.41, 5.74) is 4.35. The van der Waals surface area contributed by atoms with Crippen molar-refractivity contribution >= 4 is 17.2 Å². The number of hydrogen-bond donors (Lipinski definition) is 0. The normalized spacial score (nSPS) is 24.5. The molecule has 0 fully saturated rings. The molecule has 1 amide bonds. The van der Waals surface area contributed by atoms with Crippen LogP contribution in [0.2, 0.25) is 0 Å². The molecule has 0 spiro atoms. The summed E-state index contributed by atoms with van der Waals surface area (Å²) in [6.07, 6.45) is 0. The lowest BCUT2D eigenvalue weighted by molar-refractivity contribution is -0.121. The minimum Gasteiger partial charge on any atom is -0.481 e. The molecule has 0 bridgehead atoms. The quantitative estimate of drug-likeness (QED) is 0.734. The fourth-order valence-electron chi connectivity index (χ4n) is 4.13. The van der Waals surface area contributed by atoms with Crippen LogP contribution in [0.5, 0.6) is 5.75 Å². The smallest absolute Gasteiger partial charge is 0.238 e. The molecule has 2 aromatic carbocycles. The monoisotopic (exact) mass is 347 g/mol. The van der Waals surface area contributed by atoms with Crippen LogP contribution in [0.1, 0.15) is 50.3 Å². The maximum Gasteiger partial charge on any atom is 0.238 e. The third-order valence-corrected chi connectivity index (χ3v) is 5.83. The Balaban J connectivity index is 1.81. The number of likely N-dealkylation sites (N-methyl/N-ethyl adjacent to an activating group) is 1. The highest BCUT2D eigenvalue weighted by Crippen LogP contribution is 2.54. The Hall–Kier alpha value is -2.55. The number of fused-ring (bicyclic) bond motifs is 2. The Kier molecular flexibility index (Phi) is 3.40. The second-order valence-electron chi connectivity index (χ2n) is 8.54. The number of ether oxygens (including phenoxy) is 1. The molecule has 0 unspecified atom stereocenters. The summed E-state index contributed by atoms with van der Waals surface area (Å²) < 4.78 is 6.39. The van der Waals surface area contributed by atoms with Gasteiger partial charge in [0, 0.05) is 23.9 Å². The lowest BCUT2D eigenvalue weighted by atomic mass is 9.77. The minimum absolute atomic E-state index is 0.0459. The van der Waals surface area contributed by atoms with E-state index in [1.54, 1.807) is 4.90 Å². The Morgan fingerprint density at radius 1 is 1.15 bits per heavy atom. The Bertz CT molecular complexity index is 937. The number of hydrogen-bond acceptors (Lipinski definition) is 2. The van der Waals surface area contributed by atoms with Crippen molar-refractivity contribution in [2.24, 2.45) is 0 Å². The number of benzene rings is 2. The first kappa shape index (κ1) is 16.9. The molecule has 2 aliphatic heterocycles. The van der Waals surface area contributed by atoms with Crippen LogP contribution < -0.4 is 9.64 Å². The first-order valence-corrected chi connectivity index (χ1v) is 9.04. The summed E-state index contributed by atoms with van der Waals surface area (Å²) in [7, 11) is 1.83. The van der Waals surface area contributed by atoms with Gasteiger partial charge in [0.25, 0.3) is 0 Å². The highest BCUT2D eigenvalue weighted by atomic mass is 16.5. The van der Waals surface area contributed by atoms with Crippen molar-refractivity contribution in [3.8, 4) is 5.75 Å². The van der Waals surface area contributed by atoms with Crippen LogP contribution in [0, 0.1) is 0 Å². The van der Waals surface area contributed by atoms with Gasteiger partial charge in [-0.05, 0) is 41.7 Å². The van der Waals surface area contributed by atoms with Crippen LogP contribution in [0.15, 0.2) is 49.0 Å². The van der Waals surface area contributed by atoms with Crippen LogP contribution in [0.3, 0.4) is 0 Å². The number of nitrogens with zero attached hydrogens (tertiary/aromatic N) is 1. The molecule has 0 saturated heterocycles. The topological polar surface area (TPSA) is 29.5 Å². The van der Waals surface area contributed by atoms with Gasteiger partial charge in [0.2, 0.25) is 5.91 Å². The van der Waals surface area contributed by atoms with E-state index in [0.29, 0.717) is 0 Å². The van der Waals surface area contributed by atoms with E-state index >= 15 is 0 Å². The molecule has 26 heavy (non-hydrogen) atoms. The number of rotatable bonds is 1. The molecule has 0 radical (unpaired) electrons. The molecule has 0 aliphatic carbocycles. The highest BCUT2D eigenvalue weighted by Gasteiger charge is 2.53. The zero-order valence-corrected chi connectivity index (χ0v) is 16.1. The molecule has 3 heteroatoms. The SMILES string of the molecule is C=C1c2cc(C(C)(C)C)ccc2O[C@]1(C)[C@H]1C(=O)N(C)c2ccccc21. The van der Waals surface area contributed by atoms with Gasteiger partial charge < -0.3 is 9.64 Å². The van der Waals surface area contributed by atoms with Crippen LogP contribution in [-0.2, 0) is 10.2 Å². The number of carbonyl (C=O) groups excluding carboxylic acids is 1. The van der Waals surface area contributed by atoms with E-state index in [9.17, 15) is 4.79 Å². The average molecular weight is 347 g/mol. The molecule has 134 valence electrons. The molecular formula is C23H25NO2. The van der Waals surface area contributed by atoms with Crippen molar-refractivity contribution < 1.29 is 9.53 Å². The molecule has 2 atom stereocenters. The van der Waals surface area contributed by atoms with E-state index in [-0.39, 0.29) is 17.2 Å². The van der Waals surface area contributed by atoms with Crippen molar-refractivity contribution in [2.75, 3.05) is 11.9 Å². The minimum atomic E-state index is -0.781. The largest absolute Gasteiger partial charge is 0.481 e. The molecule has 0 saturated carbocycles. The number of carbonyl (C=O) groups is 1. The van der Waals surface area contributed by atoms with Crippen LogP contribution in [0.4, 0.5) is 5.69 Å². The lowest BCUT2D eigenvalue weighted by Crippen LogP contribution is -2.42. The van der Waals surface area contributed by atoms with Gasteiger partial charge >= 0.3 is 0 Å². The maximum absolute atomic E-state index is 13.1. The molecule has 3 nitrogen and oxygen atoms in total. The third-order valence-electron chi connectivity index (χ3n) is 5.83. The van der Waals surface area contributed by atoms with E-state index in [0.717, 1.165) is 28.1 Å². The Morgan fingerprint density at radius 3 is 2.54 bits per heavy atom. The van der Waals surface area contributed by atoms with E-state index < -0.39 is 5.60 Å². The summed E-state index contributed by atoms with van der Waals surface area (Å²) in [4.78, 5) is 14.8. The van der Waals surface area contributed by atoms with Gasteiger partial charge in [0.05, 0.1) is 0 Å². The Labute approximate surface area is 155 Å². The molecule has 0 N–H and O–H groups in total. The van der Waals surface area contributed by atoms with Crippen molar-refractivity contribution in [1.82, 2.24) is 0 Å². The average Bonchev–Trinajstić information content (AvgIpc) is 2.99. The zero-order valence-electron chi connectivity index (χ0n) is 16.1. The van der Waals surface area contributed by atoms with Gasteiger partial charge in [0.15, 0.2) is 0 Å². The van der Waals surface area contributed by atoms with Crippen molar-refractivity contribution in [1.29, 1.82) is 0 Å². The second kappa shape index (κ2) is 5.23. The van der Waals surface area contributed by atoms with Crippen LogP contribution >= 0.6 is 0 Å². The number of amides is 1. The third kappa shape index (κ3) is 2.16. The van der Waals surface area contributed by atoms with Crippen LogP contribution in [0.25, 0.3) is 5.57 Å². The van der Waals surface area contributed by atoms with Gasteiger partial charge in [-0.25, -0.2) is 0 Å². The second-order valence-corrected chi connectivity index (χ2v) is 8.54. The van der Waals surface area contributed by atoms with Crippen LogP contribution in [-0.4, -0.2) is 18.6 Å². The van der Waals surface area contributed by atoms with Gasteiger partial charge in [-0.3, -0.25) is 4.79 Å². The van der Waals surface area contributed by atoms with E-state index in [1.807, 2.05) is 44.3 Å². The predicted molar refractivity (Wildman–Crippen MR) is 106 cm³/mol. The van der Waals surface area contributed by atoms with E-state index in [1.165, 1.54) is 5.56 Å². The van der Waals surface area contributed by atoms with Crippen molar-refractivity contribution in [3.63, 3.8) is 0 Å². The zero-order chi connectivity index (χ0) is 18.9. The van der Waals surface area contributed by atoms with Crippen molar-refractivity contribution in [3.05, 3.63) is 65.7 Å². The van der Waals surface area contributed by atoms with Crippen molar-refractivity contribution in [2.45, 2.75) is 44.6 Å². The maximum atomic E-state index is 13.1.